The third-order valence-electron chi connectivity index (χ3n) is 5.26. The number of aryl methyl sites for hydroxylation is 1. The second kappa shape index (κ2) is 7.24. The molecular formula is C21H21ClN2O3. The van der Waals surface area contributed by atoms with Crippen LogP contribution in [0.5, 0.6) is 5.75 Å². The molecule has 1 fully saturated rings. The summed E-state index contributed by atoms with van der Waals surface area (Å²) in [6.07, 6.45) is 3.04. The number of halogens is 1. The minimum absolute atomic E-state index is 0.147. The van der Waals surface area contributed by atoms with Crippen molar-refractivity contribution in [1.82, 2.24) is 10.2 Å². The van der Waals surface area contributed by atoms with Crippen molar-refractivity contribution in [2.75, 3.05) is 13.2 Å². The summed E-state index contributed by atoms with van der Waals surface area (Å²) in [6.45, 7) is 0.754. The van der Waals surface area contributed by atoms with Crippen LogP contribution in [-0.4, -0.2) is 30.0 Å². The molecule has 1 heterocycles. The highest BCUT2D eigenvalue weighted by Gasteiger charge is 2.53. The van der Waals surface area contributed by atoms with E-state index in [0.717, 1.165) is 24.0 Å². The van der Waals surface area contributed by atoms with Gasteiger partial charge in [-0.25, -0.2) is 4.79 Å². The highest BCUT2D eigenvalue weighted by atomic mass is 35.5. The molecule has 2 aromatic carbocycles. The average Bonchev–Trinajstić information content (AvgIpc) is 2.91. The van der Waals surface area contributed by atoms with E-state index in [0.29, 0.717) is 36.8 Å². The highest BCUT2D eigenvalue weighted by molar-refractivity contribution is 6.30. The Bertz CT molecular complexity index is 868. The molecule has 0 bridgehead atoms. The molecule has 6 heteroatoms. The minimum Gasteiger partial charge on any atom is -0.494 e. The first-order chi connectivity index (χ1) is 13.1. The van der Waals surface area contributed by atoms with Crippen LogP contribution in [0.25, 0.3) is 0 Å². The van der Waals surface area contributed by atoms with Gasteiger partial charge in [0, 0.05) is 11.6 Å². The lowest BCUT2D eigenvalue weighted by Gasteiger charge is -2.33. The summed E-state index contributed by atoms with van der Waals surface area (Å²) in [4.78, 5) is 27.0. The molecule has 2 aliphatic rings. The predicted octanol–water partition coefficient (Wildman–Crippen LogP) is 3.89. The lowest BCUT2D eigenvalue weighted by molar-refractivity contribution is -0.132. The quantitative estimate of drug-likeness (QED) is 0.628. The van der Waals surface area contributed by atoms with Crippen molar-refractivity contribution in [2.24, 2.45) is 0 Å². The fraction of sp³-hybridized carbons (Fsp3) is 0.333. The first-order valence-corrected chi connectivity index (χ1v) is 9.59. The summed E-state index contributed by atoms with van der Waals surface area (Å²) in [7, 11) is 0. The maximum Gasteiger partial charge on any atom is 0.325 e. The summed E-state index contributed by atoms with van der Waals surface area (Å²) in [5.41, 5.74) is 1.18. The normalized spacial score (nSPS) is 21.3. The molecule has 0 saturated carbocycles. The van der Waals surface area contributed by atoms with Gasteiger partial charge in [-0.15, -0.1) is 0 Å². The van der Waals surface area contributed by atoms with Gasteiger partial charge in [0.25, 0.3) is 5.91 Å². The Morgan fingerprint density at radius 2 is 1.89 bits per heavy atom. The number of carbonyl (C=O) groups is 2. The molecule has 2 aromatic rings. The number of rotatable bonds is 5. The Morgan fingerprint density at radius 1 is 1.11 bits per heavy atom. The van der Waals surface area contributed by atoms with Crippen LogP contribution in [0, 0.1) is 0 Å². The Kier molecular flexibility index (Phi) is 4.79. The van der Waals surface area contributed by atoms with Crippen LogP contribution in [0.4, 0.5) is 4.79 Å². The van der Waals surface area contributed by atoms with E-state index in [1.807, 2.05) is 24.3 Å². The molecule has 0 unspecified atom stereocenters. The van der Waals surface area contributed by atoms with E-state index < -0.39 is 5.54 Å². The second-order valence-corrected chi connectivity index (χ2v) is 7.40. The standard InChI is InChI=1S/C21H21ClN2O3/c22-16-8-10-17(11-9-16)27-14-4-13-24-19(25)21(23-20(24)26)12-3-6-15-5-1-2-7-18(15)21/h1-2,5,7-11H,3-4,6,12-14H2,(H,23,26)/t21-/m0/s1. The number of nitrogens with one attached hydrogen (secondary N) is 1. The number of hydrogen-bond acceptors (Lipinski definition) is 3. The van der Waals surface area contributed by atoms with E-state index in [1.54, 1.807) is 24.3 Å². The van der Waals surface area contributed by atoms with Crippen molar-refractivity contribution in [3.05, 3.63) is 64.7 Å². The Balaban J connectivity index is 1.41. The van der Waals surface area contributed by atoms with Crippen LogP contribution >= 0.6 is 11.6 Å². The van der Waals surface area contributed by atoms with E-state index in [-0.39, 0.29) is 11.9 Å². The number of nitrogens with zero attached hydrogens (tertiary/aromatic N) is 1. The van der Waals surface area contributed by atoms with Gasteiger partial charge < -0.3 is 10.1 Å². The van der Waals surface area contributed by atoms with Crippen molar-refractivity contribution in [2.45, 2.75) is 31.2 Å². The Labute approximate surface area is 163 Å². The van der Waals surface area contributed by atoms with Gasteiger partial charge >= 0.3 is 6.03 Å². The van der Waals surface area contributed by atoms with Crippen LogP contribution in [0.2, 0.25) is 5.02 Å². The zero-order valence-corrected chi connectivity index (χ0v) is 15.7. The molecule has 1 aliphatic carbocycles. The molecule has 0 radical (unpaired) electrons. The fourth-order valence-corrected chi connectivity index (χ4v) is 4.08. The number of benzene rings is 2. The van der Waals surface area contributed by atoms with Crippen LogP contribution in [0.15, 0.2) is 48.5 Å². The smallest absolute Gasteiger partial charge is 0.325 e. The molecule has 1 saturated heterocycles. The predicted molar refractivity (Wildman–Crippen MR) is 103 cm³/mol. The Morgan fingerprint density at radius 3 is 2.70 bits per heavy atom. The van der Waals surface area contributed by atoms with Gasteiger partial charge in [0.1, 0.15) is 11.3 Å². The minimum atomic E-state index is -0.900. The monoisotopic (exact) mass is 384 g/mol. The number of amides is 3. The topological polar surface area (TPSA) is 58.6 Å². The zero-order valence-electron chi connectivity index (χ0n) is 14.9. The fourth-order valence-electron chi connectivity index (χ4n) is 3.96. The number of urea groups is 1. The molecule has 27 heavy (non-hydrogen) atoms. The van der Waals surface area contributed by atoms with Crippen molar-refractivity contribution in [3.63, 3.8) is 0 Å². The Hall–Kier alpha value is -2.53. The molecular weight excluding hydrogens is 364 g/mol. The van der Waals surface area contributed by atoms with Gasteiger partial charge in [-0.1, -0.05) is 35.9 Å². The summed E-state index contributed by atoms with van der Waals surface area (Å²) in [5, 5.41) is 3.62. The molecule has 0 aromatic heterocycles. The average molecular weight is 385 g/mol. The SMILES string of the molecule is O=C1N[C@]2(CCCc3ccccc32)C(=O)N1CCCOc1ccc(Cl)cc1. The zero-order chi connectivity index (χ0) is 18.9. The van der Waals surface area contributed by atoms with E-state index in [2.05, 4.69) is 5.32 Å². The van der Waals surface area contributed by atoms with Crippen LogP contribution < -0.4 is 10.1 Å². The van der Waals surface area contributed by atoms with E-state index in [9.17, 15) is 9.59 Å². The largest absolute Gasteiger partial charge is 0.494 e. The first-order valence-electron chi connectivity index (χ1n) is 9.21. The van der Waals surface area contributed by atoms with Gasteiger partial charge in [0.15, 0.2) is 0 Å². The van der Waals surface area contributed by atoms with E-state index in [1.165, 1.54) is 4.90 Å². The second-order valence-electron chi connectivity index (χ2n) is 6.96. The number of carbonyl (C=O) groups excluding carboxylic acids is 2. The van der Waals surface area contributed by atoms with Gasteiger partial charge in [0.05, 0.1) is 6.61 Å². The van der Waals surface area contributed by atoms with Crippen molar-refractivity contribution in [1.29, 1.82) is 0 Å². The van der Waals surface area contributed by atoms with Gasteiger partial charge in [-0.2, -0.15) is 0 Å². The summed E-state index contributed by atoms with van der Waals surface area (Å²) >= 11 is 5.85. The molecule has 1 N–H and O–H groups in total. The molecule has 3 amide bonds. The third kappa shape index (κ3) is 3.28. The van der Waals surface area contributed by atoms with Gasteiger partial charge in [0.2, 0.25) is 0 Å². The number of hydrogen-bond donors (Lipinski definition) is 1. The lowest BCUT2D eigenvalue weighted by atomic mass is 9.76. The van der Waals surface area contributed by atoms with E-state index >= 15 is 0 Å². The summed E-state index contributed by atoms with van der Waals surface area (Å²) in [5.74, 6) is 0.570. The van der Waals surface area contributed by atoms with E-state index in [4.69, 9.17) is 16.3 Å². The summed E-state index contributed by atoms with van der Waals surface area (Å²) in [6, 6.07) is 14.7. The highest BCUT2D eigenvalue weighted by Crippen LogP contribution is 2.39. The third-order valence-corrected chi connectivity index (χ3v) is 5.51. The number of ether oxygens (including phenoxy) is 1. The molecule has 5 nitrogen and oxygen atoms in total. The van der Waals surface area contributed by atoms with Gasteiger partial charge in [-0.05, 0) is 61.1 Å². The molecule has 1 atom stereocenters. The van der Waals surface area contributed by atoms with Crippen molar-refractivity contribution in [3.8, 4) is 5.75 Å². The van der Waals surface area contributed by atoms with Crippen LogP contribution in [0.1, 0.15) is 30.4 Å². The summed E-state index contributed by atoms with van der Waals surface area (Å²) < 4.78 is 5.66. The van der Waals surface area contributed by atoms with Gasteiger partial charge in [-0.3, -0.25) is 9.69 Å². The number of imide groups is 1. The number of fused-ring (bicyclic) bond motifs is 2. The maximum absolute atomic E-state index is 13.1. The maximum atomic E-state index is 13.1. The molecule has 4 rings (SSSR count). The first kappa shape index (κ1) is 17.9. The van der Waals surface area contributed by atoms with Crippen molar-refractivity contribution < 1.29 is 14.3 Å². The van der Waals surface area contributed by atoms with Crippen LogP contribution in [-0.2, 0) is 16.8 Å². The lowest BCUT2D eigenvalue weighted by Crippen LogP contribution is -2.46. The van der Waals surface area contributed by atoms with Crippen molar-refractivity contribution >= 4 is 23.5 Å². The molecule has 1 spiro atoms. The molecule has 1 aliphatic heterocycles. The van der Waals surface area contributed by atoms with Crippen LogP contribution in [0.3, 0.4) is 0 Å². The molecule has 140 valence electrons.